The fourth-order valence-corrected chi connectivity index (χ4v) is 3.06. The van der Waals surface area contributed by atoms with Crippen molar-refractivity contribution in [3.63, 3.8) is 0 Å². The number of nitrogens with zero attached hydrogens (tertiary/aromatic N) is 3. The lowest BCUT2D eigenvalue weighted by Gasteiger charge is -2.01. The Hall–Kier alpha value is -3.79. The first-order valence-corrected chi connectivity index (χ1v) is 9.26. The van der Waals surface area contributed by atoms with Crippen molar-refractivity contribution in [3.05, 3.63) is 64.2 Å². The average Bonchev–Trinajstić information content (AvgIpc) is 3.10. The summed E-state index contributed by atoms with van der Waals surface area (Å²) in [5.74, 6) is -0.988. The molecule has 3 aromatic rings. The number of hydrogen-bond acceptors (Lipinski definition) is 8. The molecule has 0 unspecified atom stereocenters. The summed E-state index contributed by atoms with van der Waals surface area (Å²) in [5, 5.41) is 33.7. The SMILES string of the molecule is Cc1cccc(C(=O)Nc2nnc(CC(=O)NN=Cc3ccc(O)cc3O)s2)c1. The van der Waals surface area contributed by atoms with Gasteiger partial charge in [-0.25, -0.2) is 5.43 Å². The maximum atomic E-state index is 12.2. The van der Waals surface area contributed by atoms with Gasteiger partial charge >= 0.3 is 0 Å². The van der Waals surface area contributed by atoms with Crippen molar-refractivity contribution in [1.29, 1.82) is 0 Å². The van der Waals surface area contributed by atoms with Crippen LogP contribution in [0.1, 0.15) is 26.5 Å². The van der Waals surface area contributed by atoms with Gasteiger partial charge in [-0.05, 0) is 31.2 Å². The Balaban J connectivity index is 1.53. The van der Waals surface area contributed by atoms with Crippen molar-refractivity contribution in [3.8, 4) is 11.5 Å². The molecule has 0 bridgehead atoms. The van der Waals surface area contributed by atoms with Gasteiger partial charge in [0, 0.05) is 17.2 Å². The molecule has 1 aromatic heterocycles. The standard InChI is InChI=1S/C19H17N5O4S/c1-11-3-2-4-12(7-11)18(28)21-19-24-23-17(29-19)9-16(27)22-20-10-13-5-6-14(25)8-15(13)26/h2-8,10,25-26H,9H2,1H3,(H,22,27)(H,21,24,28). The summed E-state index contributed by atoms with van der Waals surface area (Å²) in [4.78, 5) is 24.2. The fourth-order valence-electron chi connectivity index (χ4n) is 2.32. The monoisotopic (exact) mass is 411 g/mol. The third-order valence-corrected chi connectivity index (χ3v) is 4.52. The van der Waals surface area contributed by atoms with E-state index < -0.39 is 5.91 Å². The maximum absolute atomic E-state index is 12.2. The van der Waals surface area contributed by atoms with E-state index in [0.29, 0.717) is 16.1 Å². The smallest absolute Gasteiger partial charge is 0.257 e. The number of nitrogens with one attached hydrogen (secondary N) is 2. The van der Waals surface area contributed by atoms with Crippen molar-refractivity contribution in [2.75, 3.05) is 5.32 Å². The number of phenolic OH excluding ortho intramolecular Hbond substituents is 2. The number of amides is 2. The first-order chi connectivity index (χ1) is 13.9. The second-order valence-electron chi connectivity index (χ2n) is 6.04. The van der Waals surface area contributed by atoms with Crippen LogP contribution in [0.25, 0.3) is 0 Å². The van der Waals surface area contributed by atoms with Gasteiger partial charge in [-0.2, -0.15) is 5.10 Å². The zero-order valence-electron chi connectivity index (χ0n) is 15.3. The summed E-state index contributed by atoms with van der Waals surface area (Å²) < 4.78 is 0. The predicted octanol–water partition coefficient (Wildman–Crippen LogP) is 2.20. The van der Waals surface area contributed by atoms with Gasteiger partial charge in [0.25, 0.3) is 5.91 Å². The largest absolute Gasteiger partial charge is 0.508 e. The zero-order chi connectivity index (χ0) is 20.8. The van der Waals surface area contributed by atoms with Crippen molar-refractivity contribution in [1.82, 2.24) is 15.6 Å². The molecule has 0 aliphatic rings. The number of phenols is 2. The van der Waals surface area contributed by atoms with Gasteiger partial charge < -0.3 is 10.2 Å². The van der Waals surface area contributed by atoms with E-state index in [1.807, 2.05) is 13.0 Å². The van der Waals surface area contributed by atoms with Crippen LogP contribution in [0.4, 0.5) is 5.13 Å². The first kappa shape index (κ1) is 20.0. The summed E-state index contributed by atoms with van der Waals surface area (Å²) in [6.07, 6.45) is 1.18. The minimum absolute atomic E-state index is 0.0725. The minimum Gasteiger partial charge on any atom is -0.508 e. The molecule has 0 aliphatic carbocycles. The molecular formula is C19H17N5O4S. The Bertz CT molecular complexity index is 1080. The lowest BCUT2D eigenvalue weighted by atomic mass is 10.1. The third-order valence-electron chi connectivity index (χ3n) is 3.69. The minimum atomic E-state index is -0.438. The van der Waals surface area contributed by atoms with Crippen molar-refractivity contribution >= 4 is 34.5 Å². The van der Waals surface area contributed by atoms with Gasteiger partial charge in [0.05, 0.1) is 12.6 Å². The Morgan fingerprint density at radius 1 is 1.17 bits per heavy atom. The lowest BCUT2D eigenvalue weighted by Crippen LogP contribution is -2.19. The van der Waals surface area contributed by atoms with Gasteiger partial charge in [0.15, 0.2) is 0 Å². The van der Waals surface area contributed by atoms with Crippen molar-refractivity contribution < 1.29 is 19.8 Å². The number of anilines is 1. The summed E-state index contributed by atoms with van der Waals surface area (Å²) >= 11 is 1.09. The lowest BCUT2D eigenvalue weighted by molar-refractivity contribution is -0.120. The van der Waals surface area contributed by atoms with Gasteiger partial charge in [-0.15, -0.1) is 10.2 Å². The molecule has 0 fully saturated rings. The number of aromatic hydroxyl groups is 2. The second kappa shape index (κ2) is 8.93. The zero-order valence-corrected chi connectivity index (χ0v) is 16.1. The van der Waals surface area contributed by atoms with Gasteiger partial charge in [0.2, 0.25) is 11.0 Å². The van der Waals surface area contributed by atoms with E-state index in [1.54, 1.807) is 18.2 Å². The Labute approximate surface area is 169 Å². The van der Waals surface area contributed by atoms with Crippen LogP contribution in [-0.4, -0.2) is 38.4 Å². The number of benzene rings is 2. The highest BCUT2D eigenvalue weighted by molar-refractivity contribution is 7.15. The summed E-state index contributed by atoms with van der Waals surface area (Å²) in [7, 11) is 0. The topological polar surface area (TPSA) is 137 Å². The number of hydrazone groups is 1. The summed E-state index contributed by atoms with van der Waals surface area (Å²) in [6, 6.07) is 11.1. The van der Waals surface area contributed by atoms with Crippen LogP contribution in [0.5, 0.6) is 11.5 Å². The molecule has 0 saturated carbocycles. The maximum Gasteiger partial charge on any atom is 0.257 e. The van der Waals surface area contributed by atoms with E-state index in [2.05, 4.69) is 26.0 Å². The Kier molecular flexibility index (Phi) is 6.15. The normalized spacial score (nSPS) is 10.8. The molecule has 1 heterocycles. The van der Waals surface area contributed by atoms with Gasteiger partial charge in [-0.3, -0.25) is 14.9 Å². The fraction of sp³-hybridized carbons (Fsp3) is 0.105. The second-order valence-corrected chi connectivity index (χ2v) is 7.10. The first-order valence-electron chi connectivity index (χ1n) is 8.45. The molecular weight excluding hydrogens is 394 g/mol. The van der Waals surface area contributed by atoms with Crippen molar-refractivity contribution in [2.45, 2.75) is 13.3 Å². The molecule has 0 aliphatic heterocycles. The molecule has 148 valence electrons. The molecule has 0 atom stereocenters. The molecule has 0 saturated heterocycles. The highest BCUT2D eigenvalue weighted by Crippen LogP contribution is 2.21. The number of rotatable bonds is 6. The van der Waals surface area contributed by atoms with Crippen molar-refractivity contribution in [2.24, 2.45) is 5.10 Å². The van der Waals surface area contributed by atoms with Crippen LogP contribution < -0.4 is 10.7 Å². The van der Waals surface area contributed by atoms with Crippen LogP contribution in [0.2, 0.25) is 0 Å². The third kappa shape index (κ3) is 5.59. The van der Waals surface area contributed by atoms with E-state index in [1.165, 1.54) is 18.3 Å². The molecule has 9 nitrogen and oxygen atoms in total. The summed E-state index contributed by atoms with van der Waals surface area (Å²) in [6.45, 7) is 1.89. The molecule has 2 amide bonds. The van der Waals surface area contributed by atoms with Crippen LogP contribution in [0, 0.1) is 6.92 Å². The van der Waals surface area contributed by atoms with E-state index in [4.69, 9.17) is 0 Å². The average molecular weight is 411 g/mol. The van der Waals surface area contributed by atoms with Crippen LogP contribution in [0.3, 0.4) is 0 Å². The quantitative estimate of drug-likeness (QED) is 0.363. The van der Waals surface area contributed by atoms with Crippen LogP contribution in [0.15, 0.2) is 47.6 Å². The van der Waals surface area contributed by atoms with E-state index in [9.17, 15) is 19.8 Å². The molecule has 2 aromatic carbocycles. The summed E-state index contributed by atoms with van der Waals surface area (Å²) in [5.41, 5.74) is 4.12. The molecule has 0 radical (unpaired) electrons. The molecule has 0 spiro atoms. The highest BCUT2D eigenvalue weighted by atomic mass is 32.1. The molecule has 4 N–H and O–H groups in total. The van der Waals surface area contributed by atoms with Gasteiger partial charge in [0.1, 0.15) is 16.5 Å². The predicted molar refractivity (Wildman–Crippen MR) is 108 cm³/mol. The number of carbonyl (C=O) groups excluding carboxylic acids is 2. The number of carbonyl (C=O) groups is 2. The van der Waals surface area contributed by atoms with E-state index in [-0.39, 0.29) is 29.0 Å². The molecule has 10 heteroatoms. The molecule has 29 heavy (non-hydrogen) atoms. The molecule has 3 rings (SSSR count). The van der Waals surface area contributed by atoms with E-state index in [0.717, 1.165) is 23.0 Å². The van der Waals surface area contributed by atoms with Crippen LogP contribution >= 0.6 is 11.3 Å². The van der Waals surface area contributed by atoms with Crippen LogP contribution in [-0.2, 0) is 11.2 Å². The Morgan fingerprint density at radius 2 is 2.00 bits per heavy atom. The van der Waals surface area contributed by atoms with Gasteiger partial charge in [-0.1, -0.05) is 29.0 Å². The number of aryl methyl sites for hydroxylation is 1. The highest BCUT2D eigenvalue weighted by Gasteiger charge is 2.12. The Morgan fingerprint density at radius 3 is 2.76 bits per heavy atom. The number of aromatic nitrogens is 2. The van der Waals surface area contributed by atoms with E-state index >= 15 is 0 Å². The number of hydrogen-bond donors (Lipinski definition) is 4.